The topological polar surface area (TPSA) is 65.2 Å². The highest BCUT2D eigenvalue weighted by molar-refractivity contribution is 5.13. The highest BCUT2D eigenvalue weighted by Gasteiger charge is 2.25. The molecule has 0 aliphatic carbocycles. The molecule has 0 aliphatic heterocycles. The van der Waals surface area contributed by atoms with E-state index in [1.807, 2.05) is 32.9 Å². The maximum absolute atomic E-state index is 5.87. The zero-order valence-electron chi connectivity index (χ0n) is 7.79. The molecule has 1 unspecified atom stereocenters. The molecule has 0 saturated heterocycles. The fraction of sp³-hybridized carbons (Fsp3) is 0.556. The van der Waals surface area contributed by atoms with E-state index in [1.54, 1.807) is 0 Å². The van der Waals surface area contributed by atoms with Crippen molar-refractivity contribution >= 4 is 0 Å². The molecule has 0 aliphatic rings. The maximum atomic E-state index is 5.87. The van der Waals surface area contributed by atoms with Crippen LogP contribution in [0.1, 0.15) is 31.4 Å². The van der Waals surface area contributed by atoms with Gasteiger partial charge >= 0.3 is 0 Å². The average molecular weight is 168 g/mol. The smallest absolute Gasteiger partial charge is 0.122 e. The minimum absolute atomic E-state index is 0.244. The molecule has 1 rings (SSSR count). The summed E-state index contributed by atoms with van der Waals surface area (Å²) in [6.45, 7) is 5.66. The summed E-state index contributed by atoms with van der Waals surface area (Å²) < 4.78 is 5.37. The number of rotatable bonds is 2. The molecule has 0 amide bonds. The lowest BCUT2D eigenvalue weighted by atomic mass is 9.95. The molecule has 3 heteroatoms. The summed E-state index contributed by atoms with van der Waals surface area (Å²) >= 11 is 0. The SMILES string of the molecule is Cc1ccc(C(N)C(C)(C)N)o1. The van der Waals surface area contributed by atoms with Crippen molar-refractivity contribution in [3.05, 3.63) is 23.7 Å². The summed E-state index contributed by atoms with van der Waals surface area (Å²) in [5.41, 5.74) is 11.3. The number of hydrogen-bond acceptors (Lipinski definition) is 3. The van der Waals surface area contributed by atoms with Crippen LogP contribution >= 0.6 is 0 Å². The van der Waals surface area contributed by atoms with Crippen LogP contribution in [0.3, 0.4) is 0 Å². The molecule has 1 aromatic heterocycles. The Morgan fingerprint density at radius 1 is 1.42 bits per heavy atom. The molecular weight excluding hydrogens is 152 g/mol. The first-order valence-corrected chi connectivity index (χ1v) is 4.02. The van der Waals surface area contributed by atoms with Gasteiger partial charge in [-0.15, -0.1) is 0 Å². The van der Waals surface area contributed by atoms with Crippen LogP contribution in [0.4, 0.5) is 0 Å². The van der Waals surface area contributed by atoms with Crippen molar-refractivity contribution in [2.24, 2.45) is 11.5 Å². The van der Waals surface area contributed by atoms with E-state index in [1.165, 1.54) is 0 Å². The van der Waals surface area contributed by atoms with Gasteiger partial charge in [0.15, 0.2) is 0 Å². The van der Waals surface area contributed by atoms with Gasteiger partial charge in [0.05, 0.1) is 6.04 Å². The van der Waals surface area contributed by atoms with Crippen molar-refractivity contribution < 1.29 is 4.42 Å². The molecule has 0 radical (unpaired) electrons. The van der Waals surface area contributed by atoms with E-state index in [0.29, 0.717) is 0 Å². The van der Waals surface area contributed by atoms with Crippen LogP contribution in [0.25, 0.3) is 0 Å². The lowest BCUT2D eigenvalue weighted by Gasteiger charge is -2.24. The van der Waals surface area contributed by atoms with Crippen molar-refractivity contribution in [1.29, 1.82) is 0 Å². The van der Waals surface area contributed by atoms with Crippen molar-refractivity contribution in [2.75, 3.05) is 0 Å². The number of furan rings is 1. The van der Waals surface area contributed by atoms with Crippen LogP contribution in [0.2, 0.25) is 0 Å². The monoisotopic (exact) mass is 168 g/mol. The van der Waals surface area contributed by atoms with E-state index in [2.05, 4.69) is 0 Å². The number of hydrogen-bond donors (Lipinski definition) is 2. The number of aryl methyl sites for hydroxylation is 1. The summed E-state index contributed by atoms with van der Waals surface area (Å²) in [6.07, 6.45) is 0. The van der Waals surface area contributed by atoms with Crippen LogP contribution in [-0.2, 0) is 0 Å². The third kappa shape index (κ3) is 1.87. The second-order valence-corrected chi connectivity index (χ2v) is 3.75. The van der Waals surface area contributed by atoms with Gasteiger partial charge in [-0.25, -0.2) is 0 Å². The summed E-state index contributed by atoms with van der Waals surface area (Å²) in [7, 11) is 0. The highest BCUT2D eigenvalue weighted by atomic mass is 16.3. The van der Waals surface area contributed by atoms with Gasteiger partial charge in [-0.2, -0.15) is 0 Å². The van der Waals surface area contributed by atoms with Crippen molar-refractivity contribution in [2.45, 2.75) is 32.4 Å². The van der Waals surface area contributed by atoms with Gasteiger partial charge in [0.2, 0.25) is 0 Å². The molecule has 0 fully saturated rings. The van der Waals surface area contributed by atoms with E-state index in [0.717, 1.165) is 11.5 Å². The summed E-state index contributed by atoms with van der Waals surface area (Å²) in [4.78, 5) is 0. The Hall–Kier alpha value is -0.800. The van der Waals surface area contributed by atoms with Gasteiger partial charge in [-0.05, 0) is 32.9 Å². The fourth-order valence-electron chi connectivity index (χ4n) is 0.987. The third-order valence-corrected chi connectivity index (χ3v) is 1.87. The Morgan fingerprint density at radius 2 is 2.00 bits per heavy atom. The quantitative estimate of drug-likeness (QED) is 0.700. The van der Waals surface area contributed by atoms with E-state index < -0.39 is 5.54 Å². The largest absolute Gasteiger partial charge is 0.465 e. The molecule has 4 N–H and O–H groups in total. The first kappa shape index (κ1) is 9.29. The zero-order valence-corrected chi connectivity index (χ0v) is 7.79. The molecule has 1 heterocycles. The Labute approximate surface area is 72.7 Å². The van der Waals surface area contributed by atoms with Crippen molar-refractivity contribution in [1.82, 2.24) is 0 Å². The van der Waals surface area contributed by atoms with Crippen LogP contribution in [-0.4, -0.2) is 5.54 Å². The van der Waals surface area contributed by atoms with E-state index in [9.17, 15) is 0 Å². The molecule has 0 saturated carbocycles. The van der Waals surface area contributed by atoms with Gasteiger partial charge < -0.3 is 15.9 Å². The van der Waals surface area contributed by atoms with Crippen LogP contribution in [0.5, 0.6) is 0 Å². The van der Waals surface area contributed by atoms with Gasteiger partial charge in [-0.3, -0.25) is 0 Å². The molecule has 12 heavy (non-hydrogen) atoms. The van der Waals surface area contributed by atoms with Gasteiger partial charge in [0, 0.05) is 5.54 Å². The van der Waals surface area contributed by atoms with Crippen molar-refractivity contribution in [3.8, 4) is 0 Å². The first-order valence-electron chi connectivity index (χ1n) is 4.02. The van der Waals surface area contributed by atoms with Crippen LogP contribution in [0.15, 0.2) is 16.5 Å². The summed E-state index contributed by atoms with van der Waals surface area (Å²) in [6, 6.07) is 3.52. The Kier molecular flexibility index (Phi) is 2.26. The second kappa shape index (κ2) is 2.92. The van der Waals surface area contributed by atoms with E-state index >= 15 is 0 Å². The maximum Gasteiger partial charge on any atom is 0.122 e. The average Bonchev–Trinajstić information content (AvgIpc) is 2.32. The van der Waals surface area contributed by atoms with Gasteiger partial charge in [0.1, 0.15) is 11.5 Å². The Bertz CT molecular complexity index is 260. The lowest BCUT2D eigenvalue weighted by molar-refractivity contribution is 0.348. The predicted molar refractivity (Wildman–Crippen MR) is 48.6 cm³/mol. The van der Waals surface area contributed by atoms with Crippen LogP contribution in [0, 0.1) is 6.92 Å². The molecule has 1 aromatic rings. The lowest BCUT2D eigenvalue weighted by Crippen LogP contribution is -2.43. The Morgan fingerprint density at radius 3 is 2.33 bits per heavy atom. The van der Waals surface area contributed by atoms with Gasteiger partial charge in [0.25, 0.3) is 0 Å². The summed E-state index contributed by atoms with van der Waals surface area (Å²) in [5, 5.41) is 0. The predicted octanol–water partition coefficient (Wildman–Crippen LogP) is 1.33. The molecule has 1 atom stereocenters. The minimum Gasteiger partial charge on any atom is -0.465 e. The normalized spacial score (nSPS) is 14.8. The minimum atomic E-state index is -0.440. The molecule has 68 valence electrons. The van der Waals surface area contributed by atoms with Crippen molar-refractivity contribution in [3.63, 3.8) is 0 Å². The molecule has 0 aromatic carbocycles. The van der Waals surface area contributed by atoms with Gasteiger partial charge in [-0.1, -0.05) is 0 Å². The standard InChI is InChI=1S/C9H16N2O/c1-6-4-5-7(12-6)8(10)9(2,3)11/h4-5,8H,10-11H2,1-3H3. The van der Waals surface area contributed by atoms with Crippen LogP contribution < -0.4 is 11.5 Å². The second-order valence-electron chi connectivity index (χ2n) is 3.75. The highest BCUT2D eigenvalue weighted by Crippen LogP contribution is 2.22. The third-order valence-electron chi connectivity index (χ3n) is 1.87. The number of nitrogens with two attached hydrogens (primary N) is 2. The first-order chi connectivity index (χ1) is 5.41. The summed E-state index contributed by atoms with van der Waals surface area (Å²) in [5.74, 6) is 1.62. The molecule has 0 bridgehead atoms. The van der Waals surface area contributed by atoms with E-state index in [4.69, 9.17) is 15.9 Å². The molecular formula is C9H16N2O. The zero-order chi connectivity index (χ0) is 9.35. The van der Waals surface area contributed by atoms with E-state index in [-0.39, 0.29) is 6.04 Å². The molecule has 3 nitrogen and oxygen atoms in total. The Balaban J connectivity index is 2.85. The fourth-order valence-corrected chi connectivity index (χ4v) is 0.987. The molecule has 0 spiro atoms.